The van der Waals surface area contributed by atoms with Gasteiger partial charge in [0.2, 0.25) is 11.8 Å². The normalized spacial score (nSPS) is 12.2. The summed E-state index contributed by atoms with van der Waals surface area (Å²) in [6.07, 6.45) is 0. The van der Waals surface area contributed by atoms with Crippen molar-refractivity contribution in [2.45, 2.75) is 52.1 Å². The molecule has 1 unspecified atom stereocenters. The van der Waals surface area contributed by atoms with Crippen molar-refractivity contribution in [3.63, 3.8) is 0 Å². The quantitative estimate of drug-likeness (QED) is 0.311. The van der Waals surface area contributed by atoms with E-state index in [9.17, 15) is 18.0 Å². The Kier molecular flexibility index (Phi) is 10.3. The van der Waals surface area contributed by atoms with Gasteiger partial charge in [-0.05, 0) is 79.8 Å². The minimum absolute atomic E-state index is 0.0808. The number of aryl methyl sites for hydroxylation is 2. The molecule has 2 amide bonds. The maximum atomic E-state index is 14.0. The molecular weight excluding hydrogens is 578 g/mol. The number of nitrogens with one attached hydrogen (secondary N) is 1. The lowest BCUT2D eigenvalue weighted by Gasteiger charge is -2.32. The van der Waals surface area contributed by atoms with E-state index >= 15 is 0 Å². The predicted octanol–water partition coefficient (Wildman–Crippen LogP) is 5.45. The summed E-state index contributed by atoms with van der Waals surface area (Å²) in [4.78, 5) is 28.5. The highest BCUT2D eigenvalue weighted by atomic mass is 79.9. The molecule has 0 heterocycles. The van der Waals surface area contributed by atoms with Crippen LogP contribution in [0.1, 0.15) is 37.5 Å². The molecule has 1 atom stereocenters. The number of sulfonamides is 1. The number of benzene rings is 3. The Morgan fingerprint density at radius 2 is 1.59 bits per heavy atom. The Morgan fingerprint density at radius 1 is 0.897 bits per heavy atom. The molecular formula is C30H36BrN3O4S. The van der Waals surface area contributed by atoms with E-state index in [0.717, 1.165) is 25.5 Å². The fourth-order valence-electron chi connectivity index (χ4n) is 4.00. The average Bonchev–Trinajstić information content (AvgIpc) is 2.90. The van der Waals surface area contributed by atoms with Crippen molar-refractivity contribution in [3.8, 4) is 0 Å². The van der Waals surface area contributed by atoms with Crippen LogP contribution in [-0.2, 0) is 26.2 Å². The summed E-state index contributed by atoms with van der Waals surface area (Å²) >= 11 is 3.46. The average molecular weight is 615 g/mol. The largest absolute Gasteiger partial charge is 0.354 e. The highest BCUT2D eigenvalue weighted by molar-refractivity contribution is 9.10. The maximum Gasteiger partial charge on any atom is 0.264 e. The number of hydrogen-bond donors (Lipinski definition) is 1. The van der Waals surface area contributed by atoms with Crippen molar-refractivity contribution >= 4 is 43.5 Å². The number of halogens is 1. The van der Waals surface area contributed by atoms with Crippen LogP contribution in [0.5, 0.6) is 0 Å². The second-order valence-electron chi connectivity index (χ2n) is 10.1. The molecule has 1 N–H and O–H groups in total. The van der Waals surface area contributed by atoms with Crippen LogP contribution < -0.4 is 9.62 Å². The van der Waals surface area contributed by atoms with Crippen molar-refractivity contribution in [1.82, 2.24) is 10.2 Å². The molecule has 3 aromatic carbocycles. The van der Waals surface area contributed by atoms with E-state index in [1.165, 1.54) is 17.0 Å². The van der Waals surface area contributed by atoms with Crippen molar-refractivity contribution in [2.75, 3.05) is 17.4 Å². The molecule has 0 aromatic heterocycles. The Bertz CT molecular complexity index is 1410. The van der Waals surface area contributed by atoms with E-state index in [1.807, 2.05) is 58.0 Å². The Labute approximate surface area is 240 Å². The van der Waals surface area contributed by atoms with Gasteiger partial charge in [0.05, 0.1) is 10.6 Å². The fourth-order valence-corrected chi connectivity index (χ4v) is 5.87. The molecule has 0 saturated heterocycles. The summed E-state index contributed by atoms with van der Waals surface area (Å²) in [5.41, 5.74) is 3.11. The SMILES string of the molecule is Cc1ccc(N(CC(=O)N(Cc2cccc(Br)c2)C(C)C(=O)NCC(C)C)S(=O)(=O)c2ccccc2)cc1C. The molecule has 3 rings (SSSR count). The lowest BCUT2D eigenvalue weighted by Crippen LogP contribution is -2.51. The molecule has 39 heavy (non-hydrogen) atoms. The van der Waals surface area contributed by atoms with Crippen LogP contribution in [0, 0.1) is 19.8 Å². The first kappa shape index (κ1) is 30.4. The lowest BCUT2D eigenvalue weighted by atomic mass is 10.1. The van der Waals surface area contributed by atoms with Crippen LogP contribution in [0.3, 0.4) is 0 Å². The van der Waals surface area contributed by atoms with Crippen molar-refractivity contribution in [2.24, 2.45) is 5.92 Å². The van der Waals surface area contributed by atoms with Crippen LogP contribution >= 0.6 is 15.9 Å². The molecule has 0 radical (unpaired) electrons. The van der Waals surface area contributed by atoms with Crippen LogP contribution in [-0.4, -0.2) is 44.3 Å². The van der Waals surface area contributed by atoms with Crippen LogP contribution in [0.15, 0.2) is 82.2 Å². The monoisotopic (exact) mass is 613 g/mol. The summed E-state index contributed by atoms with van der Waals surface area (Å²) in [5, 5.41) is 2.90. The third-order valence-corrected chi connectivity index (χ3v) is 8.76. The number of amides is 2. The standard InChI is InChI=1S/C30H36BrN3O4S/c1-21(2)18-32-30(36)24(5)33(19-25-10-9-11-26(31)17-25)29(35)20-34(27-15-14-22(3)23(4)16-27)39(37,38)28-12-7-6-8-13-28/h6-17,21,24H,18-20H2,1-5H3,(H,32,36). The van der Waals surface area contributed by atoms with Crippen molar-refractivity contribution in [1.29, 1.82) is 0 Å². The highest BCUT2D eigenvalue weighted by Crippen LogP contribution is 2.26. The van der Waals surface area contributed by atoms with Crippen LogP contribution in [0.25, 0.3) is 0 Å². The topological polar surface area (TPSA) is 86.8 Å². The van der Waals surface area contributed by atoms with E-state index in [1.54, 1.807) is 37.3 Å². The number of carbonyl (C=O) groups is 2. The van der Waals surface area contributed by atoms with Crippen molar-refractivity contribution < 1.29 is 18.0 Å². The summed E-state index contributed by atoms with van der Waals surface area (Å²) in [7, 11) is -4.08. The molecule has 0 saturated carbocycles. The zero-order valence-corrected chi connectivity index (χ0v) is 25.4. The molecule has 208 valence electrons. The number of hydrogen-bond acceptors (Lipinski definition) is 4. The first-order valence-corrected chi connectivity index (χ1v) is 15.1. The summed E-state index contributed by atoms with van der Waals surface area (Å²) in [5.74, 6) is -0.540. The summed E-state index contributed by atoms with van der Waals surface area (Å²) < 4.78 is 29.7. The number of nitrogens with zero attached hydrogens (tertiary/aromatic N) is 2. The second kappa shape index (κ2) is 13.3. The fraction of sp³-hybridized carbons (Fsp3) is 0.333. The lowest BCUT2D eigenvalue weighted by molar-refractivity contribution is -0.139. The van der Waals surface area contributed by atoms with E-state index in [0.29, 0.717) is 12.2 Å². The van der Waals surface area contributed by atoms with Gasteiger partial charge in [-0.3, -0.25) is 13.9 Å². The van der Waals surface area contributed by atoms with E-state index < -0.39 is 28.5 Å². The Hall–Kier alpha value is -3.17. The zero-order valence-electron chi connectivity index (χ0n) is 23.0. The molecule has 0 spiro atoms. The third kappa shape index (κ3) is 7.92. The number of anilines is 1. The van der Waals surface area contributed by atoms with Crippen LogP contribution in [0.2, 0.25) is 0 Å². The first-order valence-electron chi connectivity index (χ1n) is 12.9. The van der Waals surface area contributed by atoms with Gasteiger partial charge in [0.25, 0.3) is 10.0 Å². The third-order valence-electron chi connectivity index (χ3n) is 6.48. The molecule has 0 aliphatic heterocycles. The minimum Gasteiger partial charge on any atom is -0.354 e. The maximum absolute atomic E-state index is 14.0. The molecule has 0 bridgehead atoms. The molecule has 3 aromatic rings. The number of carbonyl (C=O) groups excluding carboxylic acids is 2. The van der Waals surface area contributed by atoms with Crippen molar-refractivity contribution in [3.05, 3.63) is 94.0 Å². The van der Waals surface area contributed by atoms with Gasteiger partial charge in [0.1, 0.15) is 12.6 Å². The smallest absolute Gasteiger partial charge is 0.264 e. The molecule has 7 nitrogen and oxygen atoms in total. The van der Waals surface area contributed by atoms with Gasteiger partial charge in [-0.25, -0.2) is 8.42 Å². The van der Waals surface area contributed by atoms with Gasteiger partial charge < -0.3 is 10.2 Å². The van der Waals surface area contributed by atoms with E-state index in [-0.39, 0.29) is 23.3 Å². The minimum atomic E-state index is -4.08. The molecule has 0 aliphatic rings. The van der Waals surface area contributed by atoms with Gasteiger partial charge in [-0.2, -0.15) is 0 Å². The van der Waals surface area contributed by atoms with E-state index in [4.69, 9.17) is 0 Å². The van der Waals surface area contributed by atoms with E-state index in [2.05, 4.69) is 21.2 Å². The van der Waals surface area contributed by atoms with Gasteiger partial charge >= 0.3 is 0 Å². The number of rotatable bonds is 11. The molecule has 0 aliphatic carbocycles. The van der Waals surface area contributed by atoms with Crippen LogP contribution in [0.4, 0.5) is 5.69 Å². The summed E-state index contributed by atoms with van der Waals surface area (Å²) in [6, 6.07) is 20.0. The van der Waals surface area contributed by atoms with Gasteiger partial charge in [-0.15, -0.1) is 0 Å². The van der Waals surface area contributed by atoms with Gasteiger partial charge in [0.15, 0.2) is 0 Å². The summed E-state index contributed by atoms with van der Waals surface area (Å²) in [6.45, 7) is 9.63. The molecule has 0 fully saturated rings. The Morgan fingerprint density at radius 3 is 2.21 bits per heavy atom. The first-order chi connectivity index (χ1) is 18.4. The van der Waals surface area contributed by atoms with Gasteiger partial charge in [-0.1, -0.05) is 66.2 Å². The predicted molar refractivity (Wildman–Crippen MR) is 159 cm³/mol. The second-order valence-corrected chi connectivity index (χ2v) is 12.8. The zero-order chi connectivity index (χ0) is 28.7. The highest BCUT2D eigenvalue weighted by Gasteiger charge is 2.32. The van der Waals surface area contributed by atoms with Gasteiger partial charge in [0, 0.05) is 17.6 Å². The Balaban J connectivity index is 2.03. The molecule has 9 heteroatoms.